The Labute approximate surface area is 108 Å². The molecule has 4 heteroatoms. The molecule has 2 N–H and O–H groups in total. The van der Waals surface area contributed by atoms with E-state index >= 15 is 0 Å². The molecule has 0 bridgehead atoms. The topological polar surface area (TPSA) is 61.5 Å². The highest BCUT2D eigenvalue weighted by molar-refractivity contribution is 5.79. The van der Waals surface area contributed by atoms with Crippen molar-refractivity contribution in [1.82, 2.24) is 0 Å². The molecule has 1 unspecified atom stereocenters. The lowest BCUT2D eigenvalue weighted by Crippen LogP contribution is -2.46. The maximum Gasteiger partial charge on any atom is 0.325 e. The highest BCUT2D eigenvalue weighted by Crippen LogP contribution is 2.21. The van der Waals surface area contributed by atoms with Crippen molar-refractivity contribution in [2.45, 2.75) is 32.7 Å². The van der Waals surface area contributed by atoms with Crippen LogP contribution in [0.3, 0.4) is 0 Å². The van der Waals surface area contributed by atoms with Crippen molar-refractivity contribution in [2.24, 2.45) is 5.73 Å². The zero-order valence-corrected chi connectivity index (χ0v) is 11.4. The molecule has 0 aromatic heterocycles. The Balaban J connectivity index is 2.57. The van der Waals surface area contributed by atoms with E-state index in [-0.39, 0.29) is 0 Å². The number of hydrogen-bond donors (Lipinski definition) is 1. The van der Waals surface area contributed by atoms with Crippen LogP contribution >= 0.6 is 0 Å². The Morgan fingerprint density at radius 1 is 1.39 bits per heavy atom. The van der Waals surface area contributed by atoms with Crippen LogP contribution in [0.4, 0.5) is 0 Å². The van der Waals surface area contributed by atoms with Gasteiger partial charge in [-0.1, -0.05) is 12.1 Å². The minimum Gasteiger partial charge on any atom is -0.493 e. The fourth-order valence-electron chi connectivity index (χ4n) is 1.59. The maximum atomic E-state index is 11.4. The van der Waals surface area contributed by atoms with Gasteiger partial charge in [0.05, 0.1) is 13.7 Å². The fraction of sp³-hybridized carbons (Fsp3) is 0.500. The van der Waals surface area contributed by atoms with Crippen LogP contribution in [-0.4, -0.2) is 25.2 Å². The number of ether oxygens (including phenoxy) is 2. The average Bonchev–Trinajstić information content (AvgIpc) is 2.33. The van der Waals surface area contributed by atoms with Gasteiger partial charge in [0.25, 0.3) is 0 Å². The molecule has 0 saturated carbocycles. The molecule has 1 aromatic carbocycles. The van der Waals surface area contributed by atoms with E-state index in [0.29, 0.717) is 13.0 Å². The molecule has 0 heterocycles. The Morgan fingerprint density at radius 3 is 2.67 bits per heavy atom. The summed E-state index contributed by atoms with van der Waals surface area (Å²) >= 11 is 0. The van der Waals surface area contributed by atoms with Crippen LogP contribution in [0, 0.1) is 13.8 Å². The zero-order valence-electron chi connectivity index (χ0n) is 11.4. The van der Waals surface area contributed by atoms with E-state index in [4.69, 9.17) is 10.5 Å². The van der Waals surface area contributed by atoms with Crippen LogP contribution in [0.15, 0.2) is 18.2 Å². The quantitative estimate of drug-likeness (QED) is 0.813. The average molecular weight is 251 g/mol. The van der Waals surface area contributed by atoms with E-state index in [0.717, 1.165) is 11.3 Å². The van der Waals surface area contributed by atoms with Gasteiger partial charge in [0.2, 0.25) is 0 Å². The monoisotopic (exact) mass is 251 g/mol. The normalized spacial score (nSPS) is 13.8. The minimum atomic E-state index is -1.01. The van der Waals surface area contributed by atoms with Crippen LogP contribution in [0.5, 0.6) is 5.75 Å². The van der Waals surface area contributed by atoms with Gasteiger partial charge in [-0.3, -0.25) is 4.79 Å². The van der Waals surface area contributed by atoms with Crippen molar-refractivity contribution >= 4 is 5.97 Å². The van der Waals surface area contributed by atoms with Crippen LogP contribution in [0.1, 0.15) is 24.5 Å². The fourth-order valence-corrected chi connectivity index (χ4v) is 1.59. The van der Waals surface area contributed by atoms with Crippen LogP contribution in [0.2, 0.25) is 0 Å². The first kappa shape index (κ1) is 14.5. The number of nitrogens with two attached hydrogens (primary N) is 1. The van der Waals surface area contributed by atoms with Crippen molar-refractivity contribution in [3.05, 3.63) is 29.3 Å². The van der Waals surface area contributed by atoms with Crippen molar-refractivity contribution in [2.75, 3.05) is 13.7 Å². The summed E-state index contributed by atoms with van der Waals surface area (Å²) in [4.78, 5) is 11.4. The highest BCUT2D eigenvalue weighted by atomic mass is 16.5. The van der Waals surface area contributed by atoms with Gasteiger partial charge in [-0.15, -0.1) is 0 Å². The second-order valence-electron chi connectivity index (χ2n) is 4.71. The third-order valence-electron chi connectivity index (χ3n) is 3.09. The lowest BCUT2D eigenvalue weighted by Gasteiger charge is -2.21. The summed E-state index contributed by atoms with van der Waals surface area (Å²) < 4.78 is 10.3. The number of carbonyl (C=O) groups excluding carboxylic acids is 1. The Morgan fingerprint density at radius 2 is 2.06 bits per heavy atom. The summed E-state index contributed by atoms with van der Waals surface area (Å²) in [5, 5.41) is 0. The van der Waals surface area contributed by atoms with Gasteiger partial charge in [-0.25, -0.2) is 0 Å². The third-order valence-corrected chi connectivity index (χ3v) is 3.09. The summed E-state index contributed by atoms with van der Waals surface area (Å²) in [5.41, 5.74) is 7.12. The largest absolute Gasteiger partial charge is 0.493 e. The molecule has 0 aliphatic heterocycles. The molecule has 1 aromatic rings. The van der Waals surface area contributed by atoms with Gasteiger partial charge < -0.3 is 15.2 Å². The summed E-state index contributed by atoms with van der Waals surface area (Å²) in [5.74, 6) is 0.405. The molecule has 0 aliphatic carbocycles. The molecular formula is C14H21NO3. The Hall–Kier alpha value is -1.55. The van der Waals surface area contributed by atoms with E-state index in [9.17, 15) is 4.79 Å². The molecule has 1 atom stereocenters. The van der Waals surface area contributed by atoms with Crippen molar-refractivity contribution in [1.29, 1.82) is 0 Å². The predicted octanol–water partition coefficient (Wildman–Crippen LogP) is 1.96. The maximum absolute atomic E-state index is 11.4. The zero-order chi connectivity index (χ0) is 13.8. The van der Waals surface area contributed by atoms with Crippen molar-refractivity contribution in [3.63, 3.8) is 0 Å². The smallest absolute Gasteiger partial charge is 0.325 e. The molecule has 0 aliphatic rings. The molecule has 1 rings (SSSR count). The SMILES string of the molecule is COC(=O)C(C)(N)CCOc1cccc(C)c1C. The first-order valence-corrected chi connectivity index (χ1v) is 5.95. The summed E-state index contributed by atoms with van der Waals surface area (Å²) in [6.07, 6.45) is 0.410. The number of esters is 1. The van der Waals surface area contributed by atoms with Crippen LogP contribution in [-0.2, 0) is 9.53 Å². The van der Waals surface area contributed by atoms with E-state index in [1.165, 1.54) is 12.7 Å². The van der Waals surface area contributed by atoms with Gasteiger partial charge in [0.1, 0.15) is 11.3 Å². The molecule has 0 saturated heterocycles. The molecule has 18 heavy (non-hydrogen) atoms. The molecule has 4 nitrogen and oxygen atoms in total. The molecular weight excluding hydrogens is 230 g/mol. The number of carbonyl (C=O) groups is 1. The van der Waals surface area contributed by atoms with E-state index in [2.05, 4.69) is 4.74 Å². The van der Waals surface area contributed by atoms with Gasteiger partial charge in [-0.2, -0.15) is 0 Å². The van der Waals surface area contributed by atoms with E-state index in [1.807, 2.05) is 32.0 Å². The lowest BCUT2D eigenvalue weighted by atomic mass is 10.0. The van der Waals surface area contributed by atoms with Gasteiger partial charge >= 0.3 is 5.97 Å². The summed E-state index contributed by atoms with van der Waals surface area (Å²) in [6.45, 7) is 6.06. The Kier molecular flexibility index (Phi) is 4.73. The van der Waals surface area contributed by atoms with Crippen molar-refractivity contribution in [3.8, 4) is 5.75 Å². The van der Waals surface area contributed by atoms with Crippen LogP contribution in [0.25, 0.3) is 0 Å². The highest BCUT2D eigenvalue weighted by Gasteiger charge is 2.29. The Bertz CT molecular complexity index is 427. The summed E-state index contributed by atoms with van der Waals surface area (Å²) in [6, 6.07) is 5.89. The lowest BCUT2D eigenvalue weighted by molar-refractivity contribution is -0.146. The third kappa shape index (κ3) is 3.47. The number of methoxy groups -OCH3 is 1. The van der Waals surface area contributed by atoms with Gasteiger partial charge in [0, 0.05) is 6.42 Å². The number of rotatable bonds is 5. The number of benzene rings is 1. The van der Waals surface area contributed by atoms with Crippen LogP contribution < -0.4 is 10.5 Å². The van der Waals surface area contributed by atoms with Gasteiger partial charge in [-0.05, 0) is 38.0 Å². The van der Waals surface area contributed by atoms with Gasteiger partial charge in [0.15, 0.2) is 0 Å². The first-order valence-electron chi connectivity index (χ1n) is 5.95. The molecule has 100 valence electrons. The molecule has 0 radical (unpaired) electrons. The summed E-state index contributed by atoms with van der Waals surface area (Å²) in [7, 11) is 1.33. The molecule has 0 fully saturated rings. The second-order valence-corrected chi connectivity index (χ2v) is 4.71. The van der Waals surface area contributed by atoms with E-state index < -0.39 is 11.5 Å². The van der Waals surface area contributed by atoms with Crippen molar-refractivity contribution < 1.29 is 14.3 Å². The molecule has 0 spiro atoms. The predicted molar refractivity (Wildman–Crippen MR) is 70.6 cm³/mol. The second kappa shape index (κ2) is 5.87. The number of aryl methyl sites for hydroxylation is 1. The first-order chi connectivity index (χ1) is 8.38. The molecule has 0 amide bonds. The minimum absolute atomic E-state index is 0.381. The number of hydrogen-bond acceptors (Lipinski definition) is 4. The van der Waals surface area contributed by atoms with E-state index in [1.54, 1.807) is 6.92 Å². The standard InChI is InChI=1S/C14H21NO3/c1-10-6-5-7-12(11(10)2)18-9-8-14(3,15)13(16)17-4/h5-7H,8-9,15H2,1-4H3.